The smallest absolute Gasteiger partial charge is 0.251 e. The lowest BCUT2D eigenvalue weighted by molar-refractivity contribution is 0.0950. The Morgan fingerprint density at radius 3 is 2.64 bits per heavy atom. The van der Waals surface area contributed by atoms with Crippen LogP contribution in [0.25, 0.3) is 10.9 Å². The Balaban J connectivity index is 1.26. The summed E-state index contributed by atoms with van der Waals surface area (Å²) in [5.41, 5.74) is 6.83. The van der Waals surface area contributed by atoms with Crippen molar-refractivity contribution in [2.24, 2.45) is 0 Å². The molecule has 28 heavy (non-hydrogen) atoms. The molecule has 0 saturated heterocycles. The molecule has 1 aromatic heterocycles. The summed E-state index contributed by atoms with van der Waals surface area (Å²) in [6.07, 6.45) is 8.42. The maximum absolute atomic E-state index is 12.7. The molecule has 2 heterocycles. The van der Waals surface area contributed by atoms with Gasteiger partial charge in [0.05, 0.1) is 6.54 Å². The number of hydrogen-bond donors (Lipinski definition) is 2. The summed E-state index contributed by atoms with van der Waals surface area (Å²) in [4.78, 5) is 18.5. The van der Waals surface area contributed by atoms with Crippen molar-refractivity contribution in [2.75, 3.05) is 13.1 Å². The van der Waals surface area contributed by atoms with Gasteiger partial charge in [-0.2, -0.15) is 0 Å². The van der Waals surface area contributed by atoms with Crippen LogP contribution in [0.4, 0.5) is 0 Å². The number of para-hydroxylation sites is 1. The van der Waals surface area contributed by atoms with Crippen molar-refractivity contribution in [3.8, 4) is 0 Å². The summed E-state index contributed by atoms with van der Waals surface area (Å²) in [5.74, 6) is -0.0211. The Labute approximate surface area is 164 Å². The van der Waals surface area contributed by atoms with E-state index in [1.54, 1.807) is 0 Å². The van der Waals surface area contributed by atoms with Crippen molar-refractivity contribution in [2.45, 2.75) is 19.4 Å². The van der Waals surface area contributed by atoms with Gasteiger partial charge in [0.15, 0.2) is 0 Å². The zero-order valence-electron chi connectivity index (χ0n) is 15.7. The van der Waals surface area contributed by atoms with Crippen molar-refractivity contribution in [3.63, 3.8) is 0 Å². The molecule has 0 atom stereocenters. The summed E-state index contributed by atoms with van der Waals surface area (Å²) in [7, 11) is 0. The molecule has 2 aliphatic rings. The maximum atomic E-state index is 12.7. The molecular weight excluding hydrogens is 346 g/mol. The Morgan fingerprint density at radius 1 is 1.04 bits per heavy atom. The number of aromatic nitrogens is 1. The first-order chi connectivity index (χ1) is 13.8. The van der Waals surface area contributed by atoms with Crippen LogP contribution in [0.3, 0.4) is 0 Å². The van der Waals surface area contributed by atoms with Crippen LogP contribution in [-0.4, -0.2) is 28.9 Å². The molecule has 0 unspecified atom stereocenters. The van der Waals surface area contributed by atoms with Gasteiger partial charge in [0.2, 0.25) is 0 Å². The van der Waals surface area contributed by atoms with Crippen LogP contribution in [0.1, 0.15) is 27.2 Å². The Kier molecular flexibility index (Phi) is 4.24. The largest absolute Gasteiger partial charge is 0.371 e. The number of benzene rings is 2. The van der Waals surface area contributed by atoms with Crippen molar-refractivity contribution in [1.29, 1.82) is 0 Å². The molecule has 4 heteroatoms. The van der Waals surface area contributed by atoms with Gasteiger partial charge in [-0.05, 0) is 65.8 Å². The van der Waals surface area contributed by atoms with Crippen molar-refractivity contribution in [1.82, 2.24) is 15.2 Å². The molecule has 2 aromatic carbocycles. The molecule has 140 valence electrons. The number of aromatic amines is 1. The van der Waals surface area contributed by atoms with Crippen LogP contribution in [-0.2, 0) is 19.4 Å². The Bertz CT molecular complexity index is 1070. The van der Waals surface area contributed by atoms with Crippen molar-refractivity contribution < 1.29 is 4.79 Å². The van der Waals surface area contributed by atoms with Gasteiger partial charge in [-0.3, -0.25) is 4.79 Å². The Hall–Kier alpha value is -3.27. The highest BCUT2D eigenvalue weighted by molar-refractivity contribution is 5.94. The molecule has 3 aromatic rings. The second-order valence-electron chi connectivity index (χ2n) is 7.49. The molecule has 0 spiro atoms. The van der Waals surface area contributed by atoms with E-state index in [2.05, 4.69) is 57.7 Å². The van der Waals surface area contributed by atoms with Gasteiger partial charge < -0.3 is 15.2 Å². The molecule has 1 amide bonds. The number of nitrogens with one attached hydrogen (secondary N) is 2. The van der Waals surface area contributed by atoms with Crippen LogP contribution in [0.5, 0.6) is 0 Å². The number of allylic oxidation sites excluding steroid dienone is 3. The zero-order valence-corrected chi connectivity index (χ0v) is 15.7. The summed E-state index contributed by atoms with van der Waals surface area (Å²) >= 11 is 0. The number of hydrogen-bond acceptors (Lipinski definition) is 2. The van der Waals surface area contributed by atoms with E-state index >= 15 is 0 Å². The molecular formula is C24H23N3O. The fourth-order valence-corrected chi connectivity index (χ4v) is 4.02. The normalized spacial score (nSPS) is 15.6. The Morgan fingerprint density at radius 2 is 1.86 bits per heavy atom. The number of H-pyrrole nitrogens is 1. The lowest BCUT2D eigenvalue weighted by Crippen LogP contribution is -2.26. The number of amides is 1. The van der Waals surface area contributed by atoms with Gasteiger partial charge in [-0.1, -0.05) is 30.3 Å². The number of fused-ring (bicyclic) bond motifs is 2. The summed E-state index contributed by atoms with van der Waals surface area (Å²) in [6.45, 7) is 2.54. The SMILES string of the molecule is O=C(NCc1cc2ccccc2[nH]1)c1ccc2c(c1)CCN(C1=CC=C1)CC2. The van der Waals surface area contributed by atoms with Crippen LogP contribution in [0.15, 0.2) is 72.5 Å². The minimum Gasteiger partial charge on any atom is -0.371 e. The third-order valence-corrected chi connectivity index (χ3v) is 5.69. The molecule has 5 rings (SSSR count). The predicted octanol–water partition coefficient (Wildman–Crippen LogP) is 3.95. The van der Waals surface area contributed by atoms with Gasteiger partial charge in [0, 0.05) is 35.6 Å². The molecule has 0 saturated carbocycles. The predicted molar refractivity (Wildman–Crippen MR) is 112 cm³/mol. The van der Waals surface area contributed by atoms with Crippen molar-refractivity contribution >= 4 is 16.8 Å². The quantitative estimate of drug-likeness (QED) is 0.731. The molecule has 0 radical (unpaired) electrons. The molecule has 1 aliphatic heterocycles. The summed E-state index contributed by atoms with van der Waals surface area (Å²) < 4.78 is 0. The third kappa shape index (κ3) is 3.22. The first-order valence-corrected chi connectivity index (χ1v) is 9.86. The van der Waals surface area contributed by atoms with Gasteiger partial charge in [-0.15, -0.1) is 0 Å². The number of nitrogens with zero attached hydrogens (tertiary/aromatic N) is 1. The summed E-state index contributed by atoms with van der Waals surface area (Å²) in [6, 6.07) is 16.4. The number of rotatable bonds is 4. The number of carbonyl (C=O) groups is 1. The third-order valence-electron chi connectivity index (χ3n) is 5.69. The fourth-order valence-electron chi connectivity index (χ4n) is 4.02. The van der Waals surface area contributed by atoms with Crippen molar-refractivity contribution in [3.05, 3.63) is 94.8 Å². The number of carbonyl (C=O) groups excluding carboxylic acids is 1. The van der Waals surface area contributed by atoms with Gasteiger partial charge in [0.1, 0.15) is 0 Å². The molecule has 1 aliphatic carbocycles. The second-order valence-corrected chi connectivity index (χ2v) is 7.49. The molecule has 2 N–H and O–H groups in total. The average molecular weight is 369 g/mol. The molecule has 0 bridgehead atoms. The highest BCUT2D eigenvalue weighted by Gasteiger charge is 2.17. The highest BCUT2D eigenvalue weighted by Crippen LogP contribution is 2.22. The lowest BCUT2D eigenvalue weighted by Gasteiger charge is -2.26. The fraction of sp³-hybridized carbons (Fsp3) is 0.208. The van der Waals surface area contributed by atoms with E-state index in [0.717, 1.165) is 48.1 Å². The van der Waals surface area contributed by atoms with E-state index in [4.69, 9.17) is 0 Å². The zero-order chi connectivity index (χ0) is 18.9. The van der Waals surface area contributed by atoms with Gasteiger partial charge in [-0.25, -0.2) is 0 Å². The maximum Gasteiger partial charge on any atom is 0.251 e. The van der Waals surface area contributed by atoms with Crippen LogP contribution in [0, 0.1) is 0 Å². The average Bonchev–Trinajstić information content (AvgIpc) is 2.99. The second kappa shape index (κ2) is 7.04. The highest BCUT2D eigenvalue weighted by atomic mass is 16.1. The minimum absolute atomic E-state index is 0.0211. The first kappa shape index (κ1) is 16.9. The van der Waals surface area contributed by atoms with E-state index < -0.39 is 0 Å². The van der Waals surface area contributed by atoms with Gasteiger partial charge >= 0.3 is 0 Å². The van der Waals surface area contributed by atoms with E-state index in [-0.39, 0.29) is 5.91 Å². The van der Waals surface area contributed by atoms with Crippen LogP contribution in [0.2, 0.25) is 0 Å². The lowest BCUT2D eigenvalue weighted by atomic mass is 10.00. The summed E-state index contributed by atoms with van der Waals surface area (Å²) in [5, 5.41) is 4.21. The van der Waals surface area contributed by atoms with Gasteiger partial charge in [0.25, 0.3) is 5.91 Å². The first-order valence-electron chi connectivity index (χ1n) is 9.86. The van der Waals surface area contributed by atoms with Crippen LogP contribution >= 0.6 is 0 Å². The molecule has 4 nitrogen and oxygen atoms in total. The molecule has 0 fully saturated rings. The van der Waals surface area contributed by atoms with E-state index in [1.807, 2.05) is 24.3 Å². The van der Waals surface area contributed by atoms with E-state index in [9.17, 15) is 4.79 Å². The standard InChI is InChI=1S/C24H23N3O/c28-24(25-16-21-15-19-4-1-2-7-23(19)26-21)20-9-8-17-10-12-27(22-5-3-6-22)13-11-18(17)14-20/h1-9,14-15,26H,10-13,16H2,(H,25,28). The topological polar surface area (TPSA) is 48.1 Å². The minimum atomic E-state index is -0.0211. The monoisotopic (exact) mass is 369 g/mol. The van der Waals surface area contributed by atoms with E-state index in [0.29, 0.717) is 6.54 Å². The van der Waals surface area contributed by atoms with Crippen LogP contribution < -0.4 is 5.32 Å². The van der Waals surface area contributed by atoms with E-state index in [1.165, 1.54) is 16.8 Å².